The zero-order valence-electron chi connectivity index (χ0n) is 11.1. The predicted octanol–water partition coefficient (Wildman–Crippen LogP) is 3.74. The second-order valence-corrected chi connectivity index (χ2v) is 5.32. The first kappa shape index (κ1) is 14.0. The highest BCUT2D eigenvalue weighted by molar-refractivity contribution is 5.50. The summed E-state index contributed by atoms with van der Waals surface area (Å²) in [4.78, 5) is 4.15. The summed E-state index contributed by atoms with van der Waals surface area (Å²) in [6.45, 7) is 5.12. The van der Waals surface area contributed by atoms with E-state index in [1.165, 1.54) is 0 Å². The lowest BCUT2D eigenvalue weighted by Gasteiger charge is -2.15. The molecule has 0 spiro atoms. The molecule has 19 heavy (non-hydrogen) atoms. The van der Waals surface area contributed by atoms with Crippen LogP contribution in [0.15, 0.2) is 12.1 Å². The molecule has 0 unspecified atom stereocenters. The molecule has 1 aliphatic carbocycles. The molecule has 0 radical (unpaired) electrons. The summed E-state index contributed by atoms with van der Waals surface area (Å²) in [7, 11) is 0. The highest BCUT2D eigenvalue weighted by Gasteiger charge is 2.37. The number of alkyl halides is 3. The maximum Gasteiger partial charge on any atom is 0.416 e. The summed E-state index contributed by atoms with van der Waals surface area (Å²) < 4.78 is 38.4. The van der Waals surface area contributed by atoms with E-state index in [1.807, 2.05) is 6.92 Å². The summed E-state index contributed by atoms with van der Waals surface area (Å²) in [6, 6.07) is 2.10. The Morgan fingerprint density at radius 1 is 1.21 bits per heavy atom. The van der Waals surface area contributed by atoms with Gasteiger partial charge in [-0.2, -0.15) is 13.2 Å². The number of anilines is 2. The second kappa shape index (κ2) is 4.90. The second-order valence-electron chi connectivity index (χ2n) is 5.32. The quantitative estimate of drug-likeness (QED) is 0.858. The van der Waals surface area contributed by atoms with Crippen LogP contribution >= 0.6 is 0 Å². The molecule has 0 bridgehead atoms. The van der Waals surface area contributed by atoms with Gasteiger partial charge < -0.3 is 10.6 Å². The summed E-state index contributed by atoms with van der Waals surface area (Å²) in [6.07, 6.45) is -2.13. The van der Waals surface area contributed by atoms with Crippen LogP contribution in [-0.4, -0.2) is 18.1 Å². The average Bonchev–Trinajstić information content (AvgIpc) is 3.05. The van der Waals surface area contributed by atoms with Crippen molar-refractivity contribution in [2.45, 2.75) is 32.9 Å². The van der Waals surface area contributed by atoms with Crippen molar-refractivity contribution in [1.29, 1.82) is 0 Å². The minimum Gasteiger partial charge on any atom is -0.370 e. The number of halogens is 3. The molecule has 2 N–H and O–H groups in total. The molecule has 6 heteroatoms. The summed E-state index contributed by atoms with van der Waals surface area (Å²) in [5.41, 5.74) is -0.462. The van der Waals surface area contributed by atoms with Crippen LogP contribution in [0.25, 0.3) is 0 Å². The lowest BCUT2D eigenvalue weighted by Crippen LogP contribution is -2.15. The van der Waals surface area contributed by atoms with Gasteiger partial charge in [0.15, 0.2) is 0 Å². The molecule has 1 aliphatic rings. The highest BCUT2D eigenvalue weighted by atomic mass is 19.4. The van der Waals surface area contributed by atoms with E-state index in [0.29, 0.717) is 13.1 Å². The average molecular weight is 273 g/mol. The van der Waals surface area contributed by atoms with E-state index in [1.54, 1.807) is 0 Å². The summed E-state index contributed by atoms with van der Waals surface area (Å²) >= 11 is 0. The molecule has 1 fully saturated rings. The Bertz CT molecular complexity index is 453. The van der Waals surface area contributed by atoms with E-state index in [0.717, 1.165) is 25.0 Å². The molecule has 0 saturated heterocycles. The van der Waals surface area contributed by atoms with Crippen molar-refractivity contribution in [1.82, 2.24) is 4.98 Å². The number of aromatic nitrogens is 1. The third-order valence-electron chi connectivity index (χ3n) is 3.31. The Kier molecular flexibility index (Phi) is 3.60. The molecular weight excluding hydrogens is 255 g/mol. The van der Waals surface area contributed by atoms with Gasteiger partial charge in [-0.1, -0.05) is 6.92 Å². The first-order valence-electron chi connectivity index (χ1n) is 6.39. The third-order valence-corrected chi connectivity index (χ3v) is 3.31. The normalized spacial score (nSPS) is 17.1. The number of pyridine rings is 1. The van der Waals surface area contributed by atoms with Gasteiger partial charge in [-0.05, 0) is 37.3 Å². The number of rotatable bonds is 5. The fourth-order valence-corrected chi connectivity index (χ4v) is 1.75. The van der Waals surface area contributed by atoms with E-state index in [2.05, 4.69) is 22.5 Å². The van der Waals surface area contributed by atoms with Crippen LogP contribution in [0.1, 0.15) is 32.3 Å². The molecule has 0 aromatic carbocycles. The highest BCUT2D eigenvalue weighted by Crippen LogP contribution is 2.44. The SMILES string of the molecule is CCNc1cc(C(F)(F)F)cc(NCC2(C)CC2)n1. The molecular formula is C13H18F3N3. The van der Waals surface area contributed by atoms with Gasteiger partial charge in [0.2, 0.25) is 0 Å². The molecule has 1 saturated carbocycles. The van der Waals surface area contributed by atoms with E-state index < -0.39 is 11.7 Å². The van der Waals surface area contributed by atoms with Crippen LogP contribution in [0.4, 0.5) is 24.8 Å². The number of hydrogen-bond donors (Lipinski definition) is 2. The van der Waals surface area contributed by atoms with Crippen LogP contribution in [0.2, 0.25) is 0 Å². The van der Waals surface area contributed by atoms with Crippen molar-refractivity contribution >= 4 is 11.6 Å². The summed E-state index contributed by atoms with van der Waals surface area (Å²) in [5.74, 6) is 0.527. The van der Waals surface area contributed by atoms with E-state index >= 15 is 0 Å². The monoisotopic (exact) mass is 273 g/mol. The molecule has 2 rings (SSSR count). The third kappa shape index (κ3) is 3.75. The smallest absolute Gasteiger partial charge is 0.370 e. The molecule has 0 aliphatic heterocycles. The molecule has 0 atom stereocenters. The number of nitrogens with one attached hydrogen (secondary N) is 2. The van der Waals surface area contributed by atoms with Crippen molar-refractivity contribution < 1.29 is 13.2 Å². The van der Waals surface area contributed by atoms with Crippen molar-refractivity contribution in [2.75, 3.05) is 23.7 Å². The van der Waals surface area contributed by atoms with E-state index in [4.69, 9.17) is 0 Å². The zero-order valence-corrected chi connectivity index (χ0v) is 11.1. The van der Waals surface area contributed by atoms with Gasteiger partial charge in [-0.15, -0.1) is 0 Å². The minimum absolute atomic E-state index is 0.217. The van der Waals surface area contributed by atoms with Gasteiger partial charge in [0.05, 0.1) is 5.56 Å². The molecule has 0 amide bonds. The molecule has 1 heterocycles. The van der Waals surface area contributed by atoms with Gasteiger partial charge in [0, 0.05) is 13.1 Å². The van der Waals surface area contributed by atoms with Crippen molar-refractivity contribution in [3.8, 4) is 0 Å². The lowest BCUT2D eigenvalue weighted by atomic mass is 10.1. The standard InChI is InChI=1S/C13H18F3N3/c1-3-17-10-6-9(13(14,15)16)7-11(19-10)18-8-12(2)4-5-12/h6-7H,3-5,8H2,1-2H3,(H2,17,18,19). The van der Waals surface area contributed by atoms with Crippen molar-refractivity contribution in [3.05, 3.63) is 17.7 Å². The van der Waals surface area contributed by atoms with Crippen LogP contribution in [0.3, 0.4) is 0 Å². The number of hydrogen-bond acceptors (Lipinski definition) is 3. The summed E-state index contributed by atoms with van der Waals surface area (Å²) in [5, 5.41) is 5.83. The van der Waals surface area contributed by atoms with Gasteiger partial charge in [0.25, 0.3) is 0 Å². The fourth-order valence-electron chi connectivity index (χ4n) is 1.75. The van der Waals surface area contributed by atoms with Crippen LogP contribution in [0, 0.1) is 5.41 Å². The Hall–Kier alpha value is -1.46. The maximum atomic E-state index is 12.8. The predicted molar refractivity (Wildman–Crippen MR) is 69.2 cm³/mol. The van der Waals surface area contributed by atoms with Crippen LogP contribution in [0.5, 0.6) is 0 Å². The van der Waals surface area contributed by atoms with Gasteiger partial charge in [-0.3, -0.25) is 0 Å². The Labute approximate surface area is 110 Å². The molecule has 1 aromatic heterocycles. The number of nitrogens with zero attached hydrogens (tertiary/aromatic N) is 1. The topological polar surface area (TPSA) is 37.0 Å². The zero-order chi connectivity index (χ0) is 14.1. The first-order valence-corrected chi connectivity index (χ1v) is 6.39. The minimum atomic E-state index is -4.35. The fraction of sp³-hybridized carbons (Fsp3) is 0.615. The Morgan fingerprint density at radius 3 is 2.26 bits per heavy atom. The van der Waals surface area contributed by atoms with Crippen molar-refractivity contribution in [3.63, 3.8) is 0 Å². The Balaban J connectivity index is 2.18. The van der Waals surface area contributed by atoms with Gasteiger partial charge in [-0.25, -0.2) is 4.98 Å². The molecule has 1 aromatic rings. The first-order chi connectivity index (χ1) is 8.82. The maximum absolute atomic E-state index is 12.8. The molecule has 3 nitrogen and oxygen atoms in total. The van der Waals surface area contributed by atoms with Gasteiger partial charge >= 0.3 is 6.18 Å². The van der Waals surface area contributed by atoms with E-state index in [9.17, 15) is 13.2 Å². The van der Waals surface area contributed by atoms with Crippen molar-refractivity contribution in [2.24, 2.45) is 5.41 Å². The Morgan fingerprint density at radius 2 is 1.79 bits per heavy atom. The van der Waals surface area contributed by atoms with Gasteiger partial charge in [0.1, 0.15) is 11.6 Å². The molecule has 106 valence electrons. The lowest BCUT2D eigenvalue weighted by molar-refractivity contribution is -0.137. The van der Waals surface area contributed by atoms with Crippen LogP contribution in [-0.2, 0) is 6.18 Å². The largest absolute Gasteiger partial charge is 0.416 e. The van der Waals surface area contributed by atoms with Crippen LogP contribution < -0.4 is 10.6 Å². The van der Waals surface area contributed by atoms with E-state index in [-0.39, 0.29) is 17.1 Å².